The molecule has 0 bridgehead atoms. The monoisotopic (exact) mass is 489 g/mol. The Labute approximate surface area is 202 Å². The minimum atomic E-state index is -0.823. The Kier molecular flexibility index (Phi) is 6.95. The normalized spacial score (nSPS) is 16.9. The topological polar surface area (TPSA) is 104 Å². The van der Waals surface area contributed by atoms with Gasteiger partial charge in [-0.1, -0.05) is 18.5 Å². The summed E-state index contributed by atoms with van der Waals surface area (Å²) in [6.45, 7) is 8.32. The number of nitrogens with one attached hydrogen (secondary N) is 1. The summed E-state index contributed by atoms with van der Waals surface area (Å²) < 4.78 is 28.7. The molecule has 1 aliphatic heterocycles. The number of imidazole rings is 1. The number of amides is 1. The molecule has 4 rings (SSSR count). The van der Waals surface area contributed by atoms with E-state index in [0.29, 0.717) is 35.0 Å². The SMILES string of the molecule is Cc1nc([C@@H](C)c2cc(Cl)c(F)c(C(=O)NC[C@@H]3CCCO3)c2OC(C)C)n2ccnc(N)c12. The molecule has 10 heteroatoms. The zero-order valence-electron chi connectivity index (χ0n) is 19.7. The van der Waals surface area contributed by atoms with E-state index in [1.54, 1.807) is 12.4 Å². The molecular formula is C24H29ClFN5O3. The van der Waals surface area contributed by atoms with Crippen molar-refractivity contribution in [2.45, 2.75) is 58.7 Å². The van der Waals surface area contributed by atoms with Crippen LogP contribution in [0.15, 0.2) is 18.5 Å². The van der Waals surface area contributed by atoms with Crippen molar-refractivity contribution < 1.29 is 18.7 Å². The maximum atomic E-state index is 15.3. The predicted octanol–water partition coefficient (Wildman–Crippen LogP) is 4.26. The van der Waals surface area contributed by atoms with Crippen molar-refractivity contribution in [1.82, 2.24) is 19.7 Å². The van der Waals surface area contributed by atoms with Crippen molar-refractivity contribution in [2.24, 2.45) is 0 Å². The molecule has 34 heavy (non-hydrogen) atoms. The van der Waals surface area contributed by atoms with Crippen LogP contribution in [0.5, 0.6) is 5.75 Å². The smallest absolute Gasteiger partial charge is 0.258 e. The summed E-state index contributed by atoms with van der Waals surface area (Å²) in [6.07, 6.45) is 4.74. The van der Waals surface area contributed by atoms with Crippen molar-refractivity contribution in [1.29, 1.82) is 0 Å². The van der Waals surface area contributed by atoms with Gasteiger partial charge in [-0.2, -0.15) is 0 Å². The van der Waals surface area contributed by atoms with Gasteiger partial charge in [0.15, 0.2) is 5.82 Å². The van der Waals surface area contributed by atoms with Gasteiger partial charge < -0.3 is 20.5 Å². The minimum Gasteiger partial charge on any atom is -0.490 e. The maximum absolute atomic E-state index is 15.3. The highest BCUT2D eigenvalue weighted by Gasteiger charge is 2.30. The fourth-order valence-corrected chi connectivity index (χ4v) is 4.54. The third kappa shape index (κ3) is 4.54. The molecule has 0 spiro atoms. The molecule has 1 aromatic carbocycles. The summed E-state index contributed by atoms with van der Waals surface area (Å²) in [5.41, 5.74) is 7.79. The van der Waals surface area contributed by atoms with E-state index < -0.39 is 17.6 Å². The van der Waals surface area contributed by atoms with Crippen molar-refractivity contribution in [3.63, 3.8) is 0 Å². The molecule has 0 unspecified atom stereocenters. The van der Waals surface area contributed by atoms with Gasteiger partial charge in [0.1, 0.15) is 28.5 Å². The average molecular weight is 490 g/mol. The van der Waals surface area contributed by atoms with Crippen LogP contribution in [-0.2, 0) is 4.74 Å². The molecule has 2 atom stereocenters. The van der Waals surface area contributed by atoms with Crippen LogP contribution < -0.4 is 15.8 Å². The highest BCUT2D eigenvalue weighted by atomic mass is 35.5. The molecule has 1 fully saturated rings. The van der Waals surface area contributed by atoms with E-state index in [1.807, 2.05) is 32.1 Å². The van der Waals surface area contributed by atoms with E-state index in [0.717, 1.165) is 12.8 Å². The summed E-state index contributed by atoms with van der Waals surface area (Å²) in [5.74, 6) is -0.683. The van der Waals surface area contributed by atoms with Crippen LogP contribution in [0.3, 0.4) is 0 Å². The summed E-state index contributed by atoms with van der Waals surface area (Å²) in [6, 6.07) is 1.50. The number of nitrogen functional groups attached to an aromatic ring is 1. The van der Waals surface area contributed by atoms with E-state index >= 15 is 4.39 Å². The van der Waals surface area contributed by atoms with Gasteiger partial charge >= 0.3 is 0 Å². The second-order valence-electron chi connectivity index (χ2n) is 8.79. The molecular weight excluding hydrogens is 461 g/mol. The van der Waals surface area contributed by atoms with E-state index in [4.69, 9.17) is 31.8 Å². The van der Waals surface area contributed by atoms with Crippen LogP contribution in [0.1, 0.15) is 67.0 Å². The lowest BCUT2D eigenvalue weighted by atomic mass is 9.95. The van der Waals surface area contributed by atoms with Crippen LogP contribution in [0.25, 0.3) is 5.52 Å². The number of carbonyl (C=O) groups excluding carboxylic acids is 1. The number of benzene rings is 1. The predicted molar refractivity (Wildman–Crippen MR) is 128 cm³/mol. The molecule has 0 radical (unpaired) electrons. The highest BCUT2D eigenvalue weighted by Crippen LogP contribution is 2.40. The number of ether oxygens (including phenoxy) is 2. The Morgan fingerprint density at radius 1 is 1.44 bits per heavy atom. The van der Waals surface area contributed by atoms with Gasteiger partial charge in [-0.15, -0.1) is 0 Å². The zero-order chi connectivity index (χ0) is 24.6. The largest absolute Gasteiger partial charge is 0.490 e. The molecule has 3 heterocycles. The van der Waals surface area contributed by atoms with Crippen LogP contribution in [0, 0.1) is 12.7 Å². The van der Waals surface area contributed by atoms with Crippen molar-refractivity contribution >= 4 is 28.8 Å². The molecule has 8 nitrogen and oxygen atoms in total. The number of hydrogen-bond acceptors (Lipinski definition) is 6. The Bertz CT molecular complexity index is 1220. The first-order valence-electron chi connectivity index (χ1n) is 11.4. The first kappa shape index (κ1) is 24.2. The van der Waals surface area contributed by atoms with Crippen LogP contribution in [0.4, 0.5) is 10.2 Å². The van der Waals surface area contributed by atoms with Crippen LogP contribution >= 0.6 is 11.6 Å². The van der Waals surface area contributed by atoms with Crippen LogP contribution in [-0.4, -0.2) is 45.6 Å². The van der Waals surface area contributed by atoms with Crippen LogP contribution in [0.2, 0.25) is 5.02 Å². The highest BCUT2D eigenvalue weighted by molar-refractivity contribution is 6.31. The molecule has 1 saturated heterocycles. The van der Waals surface area contributed by atoms with Crippen molar-refractivity contribution in [2.75, 3.05) is 18.9 Å². The van der Waals surface area contributed by atoms with Crippen molar-refractivity contribution in [3.05, 3.63) is 51.9 Å². The summed E-state index contributed by atoms with van der Waals surface area (Å²) in [4.78, 5) is 22.0. The molecule has 1 aliphatic rings. The van der Waals surface area contributed by atoms with Crippen molar-refractivity contribution in [3.8, 4) is 5.75 Å². The van der Waals surface area contributed by atoms with Gasteiger partial charge in [0.2, 0.25) is 0 Å². The Hall–Kier alpha value is -2.91. The number of nitrogens with two attached hydrogens (primary N) is 1. The molecule has 182 valence electrons. The first-order chi connectivity index (χ1) is 16.2. The first-order valence-corrected chi connectivity index (χ1v) is 11.7. The Balaban J connectivity index is 1.81. The van der Waals surface area contributed by atoms with E-state index in [-0.39, 0.29) is 35.1 Å². The third-order valence-corrected chi connectivity index (χ3v) is 6.21. The standard InChI is InChI=1S/C24H29ClFN5O3/c1-12(2)34-21-16(13(3)23-30-14(4)20-22(27)28-7-8-31(20)23)10-17(25)19(26)18(21)24(32)29-11-15-6-5-9-33-15/h7-8,10,12-13,15H,5-6,9,11H2,1-4H3,(H2,27,28)(H,29,32)/t13-,15-/m0/s1. The minimum absolute atomic E-state index is 0.0858. The maximum Gasteiger partial charge on any atom is 0.258 e. The van der Waals surface area contributed by atoms with Gasteiger partial charge in [-0.3, -0.25) is 9.20 Å². The summed E-state index contributed by atoms with van der Waals surface area (Å²) >= 11 is 6.29. The van der Waals surface area contributed by atoms with E-state index in [1.165, 1.54) is 6.07 Å². The number of fused-ring (bicyclic) bond motifs is 1. The fourth-order valence-electron chi connectivity index (χ4n) is 4.33. The molecule has 1 amide bonds. The van der Waals surface area contributed by atoms with Gasteiger partial charge in [-0.05, 0) is 39.7 Å². The molecule has 2 aromatic heterocycles. The number of aromatic nitrogens is 3. The molecule has 0 aliphatic carbocycles. The fraction of sp³-hybridized carbons (Fsp3) is 0.458. The number of anilines is 1. The van der Waals surface area contributed by atoms with E-state index in [2.05, 4.69) is 10.3 Å². The number of hydrogen-bond donors (Lipinski definition) is 2. The zero-order valence-corrected chi connectivity index (χ0v) is 20.4. The lowest BCUT2D eigenvalue weighted by molar-refractivity contribution is 0.0849. The van der Waals surface area contributed by atoms with E-state index in [9.17, 15) is 4.79 Å². The van der Waals surface area contributed by atoms with Gasteiger partial charge in [0, 0.05) is 37.0 Å². The van der Waals surface area contributed by atoms with Gasteiger partial charge in [-0.25, -0.2) is 14.4 Å². The number of nitrogens with zero attached hydrogens (tertiary/aromatic N) is 3. The average Bonchev–Trinajstić information content (AvgIpc) is 3.42. The number of rotatable bonds is 7. The lowest BCUT2D eigenvalue weighted by Crippen LogP contribution is -2.33. The van der Waals surface area contributed by atoms with Gasteiger partial charge in [0.05, 0.1) is 22.9 Å². The number of aryl methyl sites for hydroxylation is 1. The Morgan fingerprint density at radius 3 is 2.88 bits per heavy atom. The van der Waals surface area contributed by atoms with Gasteiger partial charge in [0.25, 0.3) is 5.91 Å². The second kappa shape index (κ2) is 9.76. The summed E-state index contributed by atoms with van der Waals surface area (Å²) in [7, 11) is 0. The third-order valence-electron chi connectivity index (χ3n) is 5.93. The Morgan fingerprint density at radius 2 is 2.21 bits per heavy atom. The summed E-state index contributed by atoms with van der Waals surface area (Å²) in [5, 5.41) is 2.61. The molecule has 3 N–H and O–H groups in total. The molecule has 0 saturated carbocycles. The number of carbonyl (C=O) groups is 1. The second-order valence-corrected chi connectivity index (χ2v) is 9.19. The number of halogens is 2. The quantitative estimate of drug-likeness (QED) is 0.514. The lowest BCUT2D eigenvalue weighted by Gasteiger charge is -2.23. The molecule has 3 aromatic rings.